The van der Waals surface area contributed by atoms with Gasteiger partial charge in [0, 0.05) is 11.6 Å². The van der Waals surface area contributed by atoms with Crippen LogP contribution in [0.2, 0.25) is 0 Å². The van der Waals surface area contributed by atoms with Crippen LogP contribution in [0, 0.1) is 6.92 Å². The maximum Gasteiger partial charge on any atom is 0.435 e. The lowest BCUT2D eigenvalue weighted by Gasteiger charge is -2.06. The SMILES string of the molecule is Cc1ccccc1Cn1cnc(NC(=O)Cn2nc(C(F)(F)F)cc2C2CC2)n1. The van der Waals surface area contributed by atoms with Gasteiger partial charge in [0.15, 0.2) is 5.69 Å². The van der Waals surface area contributed by atoms with E-state index in [-0.39, 0.29) is 18.4 Å². The maximum atomic E-state index is 13.0. The number of aromatic nitrogens is 5. The second-order valence-corrected chi connectivity index (χ2v) is 7.12. The van der Waals surface area contributed by atoms with Gasteiger partial charge in [0.1, 0.15) is 12.9 Å². The lowest BCUT2D eigenvalue weighted by atomic mass is 10.1. The number of nitrogens with one attached hydrogen (secondary N) is 1. The molecule has 1 N–H and O–H groups in total. The number of hydrogen-bond acceptors (Lipinski definition) is 4. The molecule has 152 valence electrons. The summed E-state index contributed by atoms with van der Waals surface area (Å²) >= 11 is 0. The molecule has 1 amide bonds. The third-order valence-electron chi connectivity index (χ3n) is 4.77. The van der Waals surface area contributed by atoms with Gasteiger partial charge < -0.3 is 0 Å². The Balaban J connectivity index is 1.42. The first-order valence-electron chi connectivity index (χ1n) is 9.18. The largest absolute Gasteiger partial charge is 0.435 e. The summed E-state index contributed by atoms with van der Waals surface area (Å²) < 4.78 is 41.6. The first kappa shape index (κ1) is 19.2. The van der Waals surface area contributed by atoms with Crippen molar-refractivity contribution >= 4 is 11.9 Å². The number of hydrogen-bond donors (Lipinski definition) is 1. The summed E-state index contributed by atoms with van der Waals surface area (Å²) in [6.07, 6.45) is -1.44. The van der Waals surface area contributed by atoms with Crippen LogP contribution in [-0.4, -0.2) is 30.5 Å². The Labute approximate surface area is 164 Å². The molecule has 2 aromatic heterocycles. The molecule has 1 aliphatic rings. The van der Waals surface area contributed by atoms with Crippen molar-refractivity contribution in [1.82, 2.24) is 24.5 Å². The Morgan fingerprint density at radius 3 is 2.69 bits per heavy atom. The summed E-state index contributed by atoms with van der Waals surface area (Å²) in [5, 5.41) is 10.3. The van der Waals surface area contributed by atoms with Crippen LogP contribution in [0.25, 0.3) is 0 Å². The fraction of sp³-hybridized carbons (Fsp3) is 0.368. The standard InChI is InChI=1S/C19H19F3N6O/c1-12-4-2-3-5-14(12)9-27-11-23-18(26-27)24-17(29)10-28-15(13-6-7-13)8-16(25-28)19(20,21)22/h2-5,8,11,13H,6-7,9-10H2,1H3,(H,24,26,29). The Bertz CT molecular complexity index is 1030. The molecule has 2 heterocycles. The molecule has 1 fully saturated rings. The van der Waals surface area contributed by atoms with E-state index in [0.717, 1.165) is 34.7 Å². The molecule has 3 aromatic rings. The number of anilines is 1. The first-order chi connectivity index (χ1) is 13.8. The van der Waals surface area contributed by atoms with E-state index in [1.165, 1.54) is 6.33 Å². The molecule has 10 heteroatoms. The van der Waals surface area contributed by atoms with Gasteiger partial charge in [-0.2, -0.15) is 18.3 Å². The summed E-state index contributed by atoms with van der Waals surface area (Å²) in [5.74, 6) is -0.407. The fourth-order valence-corrected chi connectivity index (χ4v) is 3.09. The molecule has 4 rings (SSSR count). The predicted molar refractivity (Wildman–Crippen MR) is 98.1 cm³/mol. The smallest absolute Gasteiger partial charge is 0.292 e. The third kappa shape index (κ3) is 4.47. The molecule has 0 atom stereocenters. The van der Waals surface area contributed by atoms with E-state index in [1.807, 2.05) is 31.2 Å². The van der Waals surface area contributed by atoms with Gasteiger partial charge in [-0.15, -0.1) is 5.10 Å². The molecule has 1 saturated carbocycles. The van der Waals surface area contributed by atoms with E-state index in [0.29, 0.717) is 12.2 Å². The van der Waals surface area contributed by atoms with E-state index in [2.05, 4.69) is 20.5 Å². The van der Waals surface area contributed by atoms with Crippen LogP contribution < -0.4 is 5.32 Å². The number of aryl methyl sites for hydroxylation is 1. The quantitative estimate of drug-likeness (QED) is 0.683. The molecule has 0 aliphatic heterocycles. The summed E-state index contributed by atoms with van der Waals surface area (Å²) in [7, 11) is 0. The van der Waals surface area contributed by atoms with Crippen LogP contribution in [0.3, 0.4) is 0 Å². The van der Waals surface area contributed by atoms with Gasteiger partial charge in [0.05, 0.1) is 6.54 Å². The highest BCUT2D eigenvalue weighted by Gasteiger charge is 2.38. The molecular formula is C19H19F3N6O. The van der Waals surface area contributed by atoms with Gasteiger partial charge in [-0.3, -0.25) is 14.8 Å². The van der Waals surface area contributed by atoms with E-state index in [9.17, 15) is 18.0 Å². The molecule has 29 heavy (non-hydrogen) atoms. The molecular weight excluding hydrogens is 385 g/mol. The van der Waals surface area contributed by atoms with Crippen molar-refractivity contribution in [3.05, 3.63) is 59.2 Å². The minimum atomic E-state index is -4.54. The van der Waals surface area contributed by atoms with Crippen molar-refractivity contribution in [2.24, 2.45) is 0 Å². The number of benzene rings is 1. The minimum Gasteiger partial charge on any atom is -0.292 e. The highest BCUT2D eigenvalue weighted by atomic mass is 19.4. The summed E-state index contributed by atoms with van der Waals surface area (Å²) in [5.41, 5.74) is 1.64. The Morgan fingerprint density at radius 1 is 1.24 bits per heavy atom. The molecule has 0 saturated heterocycles. The fourth-order valence-electron chi connectivity index (χ4n) is 3.09. The van der Waals surface area contributed by atoms with Crippen LogP contribution in [-0.2, 0) is 24.1 Å². The lowest BCUT2D eigenvalue weighted by molar-refractivity contribution is -0.141. The first-order valence-corrected chi connectivity index (χ1v) is 9.18. The maximum absolute atomic E-state index is 13.0. The molecule has 7 nitrogen and oxygen atoms in total. The summed E-state index contributed by atoms with van der Waals surface area (Å²) in [4.78, 5) is 16.4. The number of carbonyl (C=O) groups is 1. The zero-order chi connectivity index (χ0) is 20.6. The van der Waals surface area contributed by atoms with E-state index in [4.69, 9.17) is 0 Å². The number of alkyl halides is 3. The van der Waals surface area contributed by atoms with Crippen LogP contribution >= 0.6 is 0 Å². The normalized spacial score (nSPS) is 14.2. The average Bonchev–Trinajstić information content (AvgIpc) is 3.25. The van der Waals surface area contributed by atoms with Crippen molar-refractivity contribution in [3.63, 3.8) is 0 Å². The number of halogens is 3. The Morgan fingerprint density at radius 2 is 2.00 bits per heavy atom. The van der Waals surface area contributed by atoms with Gasteiger partial charge in [-0.05, 0) is 37.0 Å². The lowest BCUT2D eigenvalue weighted by Crippen LogP contribution is -2.22. The number of carbonyl (C=O) groups excluding carboxylic acids is 1. The third-order valence-corrected chi connectivity index (χ3v) is 4.77. The van der Waals surface area contributed by atoms with E-state index < -0.39 is 17.8 Å². The average molecular weight is 404 g/mol. The summed E-state index contributed by atoms with van der Waals surface area (Å²) in [6.45, 7) is 2.16. The van der Waals surface area contributed by atoms with E-state index in [1.54, 1.807) is 4.68 Å². The Kier molecular flexibility index (Phi) is 4.85. The second-order valence-electron chi connectivity index (χ2n) is 7.12. The van der Waals surface area contributed by atoms with Crippen LogP contribution in [0.1, 0.15) is 41.3 Å². The predicted octanol–water partition coefficient (Wildman–Crippen LogP) is 3.37. The molecule has 0 radical (unpaired) electrons. The minimum absolute atomic E-state index is 0.0258. The highest BCUT2D eigenvalue weighted by Crippen LogP contribution is 2.42. The zero-order valence-corrected chi connectivity index (χ0v) is 15.6. The van der Waals surface area contributed by atoms with Gasteiger partial charge in [-0.25, -0.2) is 9.67 Å². The van der Waals surface area contributed by atoms with Gasteiger partial charge in [0.2, 0.25) is 11.9 Å². The number of nitrogens with zero attached hydrogens (tertiary/aromatic N) is 5. The van der Waals surface area contributed by atoms with Crippen molar-refractivity contribution in [3.8, 4) is 0 Å². The zero-order valence-electron chi connectivity index (χ0n) is 15.6. The molecule has 1 aromatic carbocycles. The van der Waals surface area contributed by atoms with Crippen molar-refractivity contribution < 1.29 is 18.0 Å². The molecule has 0 unspecified atom stereocenters. The monoisotopic (exact) mass is 404 g/mol. The molecule has 0 bridgehead atoms. The van der Waals surface area contributed by atoms with Crippen LogP contribution in [0.4, 0.5) is 19.1 Å². The van der Waals surface area contributed by atoms with Crippen molar-refractivity contribution in [2.75, 3.05) is 5.32 Å². The highest BCUT2D eigenvalue weighted by molar-refractivity contribution is 5.88. The van der Waals surface area contributed by atoms with Gasteiger partial charge in [-0.1, -0.05) is 24.3 Å². The Hall–Kier alpha value is -3.17. The van der Waals surface area contributed by atoms with Gasteiger partial charge in [0.25, 0.3) is 0 Å². The van der Waals surface area contributed by atoms with Crippen molar-refractivity contribution in [1.29, 1.82) is 0 Å². The molecule has 1 aliphatic carbocycles. The number of amides is 1. The van der Waals surface area contributed by atoms with Gasteiger partial charge >= 0.3 is 6.18 Å². The second kappa shape index (κ2) is 7.34. The topological polar surface area (TPSA) is 77.6 Å². The van der Waals surface area contributed by atoms with Crippen molar-refractivity contribution in [2.45, 2.75) is 44.9 Å². The van der Waals surface area contributed by atoms with Crippen LogP contribution in [0.5, 0.6) is 0 Å². The van der Waals surface area contributed by atoms with Crippen LogP contribution in [0.15, 0.2) is 36.7 Å². The number of rotatable bonds is 6. The molecule has 0 spiro atoms. The summed E-state index contributed by atoms with van der Waals surface area (Å²) in [6, 6.07) is 8.87. The van der Waals surface area contributed by atoms with E-state index >= 15 is 0 Å².